The van der Waals surface area contributed by atoms with Crippen molar-refractivity contribution < 1.29 is 4.79 Å². The lowest BCUT2D eigenvalue weighted by Crippen LogP contribution is -2.40. The second kappa shape index (κ2) is 9.73. The lowest BCUT2D eigenvalue weighted by atomic mass is 10.0. The van der Waals surface area contributed by atoms with E-state index in [9.17, 15) is 4.79 Å². The van der Waals surface area contributed by atoms with E-state index in [1.807, 2.05) is 37.1 Å². The van der Waals surface area contributed by atoms with Gasteiger partial charge in [-0.2, -0.15) is 0 Å². The number of aryl methyl sites for hydroxylation is 1. The van der Waals surface area contributed by atoms with Crippen molar-refractivity contribution >= 4 is 11.7 Å². The van der Waals surface area contributed by atoms with Crippen LogP contribution in [0, 0.1) is 6.92 Å². The van der Waals surface area contributed by atoms with Crippen molar-refractivity contribution in [1.82, 2.24) is 24.8 Å². The molecule has 2 aromatic heterocycles. The quantitative estimate of drug-likeness (QED) is 0.683. The predicted molar refractivity (Wildman–Crippen MR) is 122 cm³/mol. The van der Waals surface area contributed by atoms with Crippen LogP contribution in [0.5, 0.6) is 0 Å². The lowest BCUT2D eigenvalue weighted by molar-refractivity contribution is -0.132. The van der Waals surface area contributed by atoms with Gasteiger partial charge in [-0.25, -0.2) is 9.97 Å². The van der Waals surface area contributed by atoms with E-state index >= 15 is 0 Å². The van der Waals surface area contributed by atoms with Crippen molar-refractivity contribution in [3.8, 4) is 0 Å². The second-order valence-electron chi connectivity index (χ2n) is 8.51. The molecule has 0 spiro atoms. The monoisotopic (exact) mass is 422 g/mol. The number of amides is 1. The Kier molecular flexibility index (Phi) is 6.80. The van der Waals surface area contributed by atoms with E-state index < -0.39 is 0 Å². The Hall–Kier alpha value is -2.54. The van der Waals surface area contributed by atoms with Crippen LogP contribution in [0.4, 0.5) is 5.82 Å². The third-order valence-electron chi connectivity index (χ3n) is 6.56. The summed E-state index contributed by atoms with van der Waals surface area (Å²) in [6, 6.07) is 6.17. The highest BCUT2D eigenvalue weighted by Crippen LogP contribution is 2.34. The highest BCUT2D eigenvalue weighted by molar-refractivity contribution is 5.78. The molecule has 0 aliphatic carbocycles. The topological polar surface area (TPSA) is 65.5 Å². The summed E-state index contributed by atoms with van der Waals surface area (Å²) < 4.78 is 0. The number of nitrogens with zero attached hydrogens (tertiary/aromatic N) is 6. The van der Waals surface area contributed by atoms with Crippen molar-refractivity contribution in [3.05, 3.63) is 47.2 Å². The molecule has 1 fully saturated rings. The summed E-state index contributed by atoms with van der Waals surface area (Å²) in [6.45, 7) is 10.8. The van der Waals surface area contributed by atoms with Gasteiger partial charge in [-0.1, -0.05) is 6.07 Å². The number of carbonyl (C=O) groups is 1. The maximum atomic E-state index is 12.7. The third-order valence-corrected chi connectivity index (χ3v) is 6.56. The van der Waals surface area contributed by atoms with Gasteiger partial charge in [-0.15, -0.1) is 0 Å². The zero-order valence-electron chi connectivity index (χ0n) is 19.0. The van der Waals surface area contributed by atoms with Gasteiger partial charge in [0.05, 0.1) is 24.8 Å². The molecule has 0 bridgehead atoms. The molecule has 0 radical (unpaired) electrons. The summed E-state index contributed by atoms with van der Waals surface area (Å²) >= 11 is 0. The zero-order valence-corrected chi connectivity index (χ0v) is 19.0. The van der Waals surface area contributed by atoms with Gasteiger partial charge in [0.25, 0.3) is 0 Å². The molecule has 2 aliphatic rings. The van der Waals surface area contributed by atoms with Gasteiger partial charge in [0.15, 0.2) is 0 Å². The Morgan fingerprint density at radius 3 is 2.74 bits per heavy atom. The second-order valence-corrected chi connectivity index (χ2v) is 8.51. The molecule has 1 amide bonds. The average Bonchev–Trinajstić information content (AvgIpc) is 3.24. The minimum absolute atomic E-state index is 0.113. The molecule has 31 heavy (non-hydrogen) atoms. The van der Waals surface area contributed by atoms with E-state index in [1.165, 1.54) is 5.56 Å². The number of carbonyl (C=O) groups excluding carboxylic acids is 1. The first-order valence-electron chi connectivity index (χ1n) is 11.6. The normalized spacial score (nSPS) is 18.8. The molecule has 0 aromatic carbocycles. The molecule has 0 saturated carbocycles. The summed E-state index contributed by atoms with van der Waals surface area (Å²) in [5.74, 6) is 2.12. The number of likely N-dealkylation sites (tertiary alicyclic amines) is 1. The van der Waals surface area contributed by atoms with Crippen LogP contribution in [-0.2, 0) is 17.8 Å². The standard InChI is InChI=1S/C24H34N6O/c1-4-28(5-2)22(31)17-29-14-9-12-21(29)23-26-18(3)20-11-8-15-30(24(20)27-23)16-19-10-6-7-13-25-19/h6-7,10,13,21H,4-5,8-9,11-12,14-17H2,1-3H3/t21-/m1/s1. The van der Waals surface area contributed by atoms with Crippen LogP contribution in [-0.4, -0.2) is 63.4 Å². The van der Waals surface area contributed by atoms with Crippen molar-refractivity contribution in [2.75, 3.05) is 37.6 Å². The van der Waals surface area contributed by atoms with Gasteiger partial charge in [0, 0.05) is 37.1 Å². The molecule has 0 N–H and O–H groups in total. The van der Waals surface area contributed by atoms with Gasteiger partial charge in [0.1, 0.15) is 11.6 Å². The average molecular weight is 423 g/mol. The molecule has 2 aromatic rings. The van der Waals surface area contributed by atoms with E-state index in [-0.39, 0.29) is 11.9 Å². The Morgan fingerprint density at radius 2 is 2.00 bits per heavy atom. The number of aromatic nitrogens is 3. The molecule has 1 atom stereocenters. The largest absolute Gasteiger partial charge is 0.350 e. The summed E-state index contributed by atoms with van der Waals surface area (Å²) in [6.07, 6.45) is 6.06. The van der Waals surface area contributed by atoms with Gasteiger partial charge < -0.3 is 9.80 Å². The van der Waals surface area contributed by atoms with Crippen LogP contribution in [0.1, 0.15) is 61.9 Å². The van der Waals surface area contributed by atoms with Crippen LogP contribution in [0.3, 0.4) is 0 Å². The van der Waals surface area contributed by atoms with Crippen LogP contribution in [0.2, 0.25) is 0 Å². The third kappa shape index (κ3) is 4.71. The predicted octanol–water partition coefficient (Wildman–Crippen LogP) is 3.14. The van der Waals surface area contributed by atoms with Crippen molar-refractivity contribution in [3.63, 3.8) is 0 Å². The van der Waals surface area contributed by atoms with Gasteiger partial charge in [-0.05, 0) is 65.1 Å². The van der Waals surface area contributed by atoms with Gasteiger partial charge in [-0.3, -0.25) is 14.7 Å². The Bertz CT molecular complexity index is 898. The van der Waals surface area contributed by atoms with E-state index in [0.717, 1.165) is 81.4 Å². The smallest absolute Gasteiger partial charge is 0.236 e. The van der Waals surface area contributed by atoms with E-state index in [0.29, 0.717) is 6.54 Å². The number of hydrogen-bond donors (Lipinski definition) is 0. The summed E-state index contributed by atoms with van der Waals surface area (Å²) in [5.41, 5.74) is 3.39. The fourth-order valence-electron chi connectivity index (χ4n) is 4.86. The first kappa shape index (κ1) is 21.7. The summed E-state index contributed by atoms with van der Waals surface area (Å²) in [4.78, 5) is 33.8. The molecule has 0 unspecified atom stereocenters. The van der Waals surface area contributed by atoms with E-state index in [2.05, 4.69) is 27.8 Å². The highest BCUT2D eigenvalue weighted by Gasteiger charge is 2.32. The van der Waals surface area contributed by atoms with Crippen molar-refractivity contribution in [2.45, 2.75) is 59.0 Å². The van der Waals surface area contributed by atoms with Crippen LogP contribution >= 0.6 is 0 Å². The summed E-state index contributed by atoms with van der Waals surface area (Å²) in [5, 5.41) is 0. The molecular formula is C24H34N6O. The number of hydrogen-bond acceptors (Lipinski definition) is 6. The number of rotatable bonds is 7. The maximum Gasteiger partial charge on any atom is 0.236 e. The minimum Gasteiger partial charge on any atom is -0.350 e. The molecule has 166 valence electrons. The van der Waals surface area contributed by atoms with Gasteiger partial charge >= 0.3 is 0 Å². The minimum atomic E-state index is 0.113. The van der Waals surface area contributed by atoms with Crippen LogP contribution in [0.15, 0.2) is 24.4 Å². The van der Waals surface area contributed by atoms with E-state index in [4.69, 9.17) is 9.97 Å². The van der Waals surface area contributed by atoms with Crippen molar-refractivity contribution in [2.24, 2.45) is 0 Å². The molecule has 2 aliphatic heterocycles. The van der Waals surface area contributed by atoms with Crippen molar-refractivity contribution in [1.29, 1.82) is 0 Å². The first-order chi connectivity index (χ1) is 15.1. The molecule has 7 heteroatoms. The summed E-state index contributed by atoms with van der Waals surface area (Å²) in [7, 11) is 0. The Balaban J connectivity index is 1.58. The molecule has 4 heterocycles. The molecule has 7 nitrogen and oxygen atoms in total. The molecular weight excluding hydrogens is 388 g/mol. The van der Waals surface area contributed by atoms with Crippen LogP contribution in [0.25, 0.3) is 0 Å². The maximum absolute atomic E-state index is 12.7. The fraction of sp³-hybridized carbons (Fsp3) is 0.583. The number of likely N-dealkylation sites (N-methyl/N-ethyl adjacent to an activating group) is 1. The van der Waals surface area contributed by atoms with E-state index in [1.54, 1.807) is 0 Å². The Morgan fingerprint density at radius 1 is 1.16 bits per heavy atom. The highest BCUT2D eigenvalue weighted by atomic mass is 16.2. The fourth-order valence-corrected chi connectivity index (χ4v) is 4.86. The molecule has 4 rings (SSSR count). The molecule has 1 saturated heterocycles. The number of pyridine rings is 1. The Labute approximate surface area is 185 Å². The lowest BCUT2D eigenvalue weighted by Gasteiger charge is -2.32. The first-order valence-corrected chi connectivity index (χ1v) is 11.6. The SMILES string of the molecule is CCN(CC)C(=O)CN1CCC[C@@H]1c1nc(C)c2c(n1)N(Cc1ccccn1)CCC2. The number of anilines is 1. The van der Waals surface area contributed by atoms with Gasteiger partial charge in [0.2, 0.25) is 5.91 Å². The zero-order chi connectivity index (χ0) is 21.8. The van der Waals surface area contributed by atoms with Crippen LogP contribution < -0.4 is 4.90 Å². The number of fused-ring (bicyclic) bond motifs is 1.